The Morgan fingerprint density at radius 2 is 1.56 bits per heavy atom. The lowest BCUT2D eigenvalue weighted by Gasteiger charge is -2.32. The number of nitrogens with one attached hydrogen (secondary N) is 1. The molecule has 0 aliphatic rings. The summed E-state index contributed by atoms with van der Waals surface area (Å²) in [5.74, 6) is -0.925. The maximum absolute atomic E-state index is 13.9. The van der Waals surface area contributed by atoms with Crippen LogP contribution >= 0.6 is 23.2 Å². The third-order valence-corrected chi connectivity index (χ3v) is 8.74. The van der Waals surface area contributed by atoms with Gasteiger partial charge in [0.1, 0.15) is 12.6 Å². The molecule has 0 fully saturated rings. The molecule has 3 aromatic carbocycles. The van der Waals surface area contributed by atoms with E-state index in [0.717, 1.165) is 15.4 Å². The van der Waals surface area contributed by atoms with Gasteiger partial charge in [-0.3, -0.25) is 13.9 Å². The molecule has 3 aromatic rings. The van der Waals surface area contributed by atoms with Crippen molar-refractivity contribution in [2.45, 2.75) is 52.1 Å². The molecule has 0 aliphatic carbocycles. The van der Waals surface area contributed by atoms with Gasteiger partial charge in [-0.2, -0.15) is 0 Å². The molecule has 0 aliphatic heterocycles. The van der Waals surface area contributed by atoms with Gasteiger partial charge in [-0.1, -0.05) is 64.7 Å². The fourth-order valence-corrected chi connectivity index (χ4v) is 6.12. The zero-order valence-corrected chi connectivity index (χ0v) is 25.0. The Morgan fingerprint density at radius 1 is 0.923 bits per heavy atom. The zero-order chi connectivity index (χ0) is 28.9. The lowest BCUT2D eigenvalue weighted by molar-refractivity contribution is -0.139. The number of aryl methyl sites for hydroxylation is 3. The van der Waals surface area contributed by atoms with Crippen molar-refractivity contribution in [3.05, 3.63) is 93.0 Å². The number of amides is 2. The third-order valence-electron chi connectivity index (χ3n) is 6.38. The van der Waals surface area contributed by atoms with Gasteiger partial charge in [-0.05, 0) is 76.1 Å². The second-order valence-electron chi connectivity index (χ2n) is 9.44. The first-order valence-corrected chi connectivity index (χ1v) is 14.7. The Bertz CT molecular complexity index is 1460. The minimum Gasteiger partial charge on any atom is -0.355 e. The summed E-state index contributed by atoms with van der Waals surface area (Å²) in [5, 5.41) is 3.50. The maximum atomic E-state index is 13.9. The third kappa shape index (κ3) is 7.32. The SMILES string of the molecule is CCNC(=O)[C@H](C)N(Cc1ccc(Cl)cc1Cl)C(=O)CN(c1ccc(C)cc1C)S(=O)(=O)c1ccc(C)cc1. The number of carbonyl (C=O) groups is 2. The molecule has 3 rings (SSSR count). The highest BCUT2D eigenvalue weighted by molar-refractivity contribution is 7.92. The van der Waals surface area contributed by atoms with Crippen LogP contribution in [0.2, 0.25) is 10.0 Å². The lowest BCUT2D eigenvalue weighted by atomic mass is 10.1. The minimum atomic E-state index is -4.14. The van der Waals surface area contributed by atoms with Crippen molar-refractivity contribution in [3.8, 4) is 0 Å². The van der Waals surface area contributed by atoms with Crippen LogP contribution in [0, 0.1) is 20.8 Å². The summed E-state index contributed by atoms with van der Waals surface area (Å²) < 4.78 is 29.0. The molecule has 0 saturated heterocycles. The Morgan fingerprint density at radius 3 is 2.15 bits per heavy atom. The molecule has 0 spiro atoms. The van der Waals surface area contributed by atoms with E-state index in [9.17, 15) is 18.0 Å². The van der Waals surface area contributed by atoms with Crippen molar-refractivity contribution in [1.82, 2.24) is 10.2 Å². The van der Waals surface area contributed by atoms with Crippen LogP contribution in [-0.2, 0) is 26.2 Å². The molecule has 0 radical (unpaired) electrons. The van der Waals surface area contributed by atoms with Crippen LogP contribution in [0.15, 0.2) is 65.6 Å². The van der Waals surface area contributed by atoms with Crippen LogP contribution in [0.3, 0.4) is 0 Å². The van der Waals surface area contributed by atoms with E-state index < -0.39 is 28.5 Å². The van der Waals surface area contributed by atoms with Gasteiger partial charge in [0.25, 0.3) is 10.0 Å². The summed E-state index contributed by atoms with van der Waals surface area (Å²) in [6, 6.07) is 15.8. The minimum absolute atomic E-state index is 0.0154. The van der Waals surface area contributed by atoms with E-state index in [-0.39, 0.29) is 17.3 Å². The molecular formula is C29H33Cl2N3O4S. The van der Waals surface area contributed by atoms with Crippen LogP contribution < -0.4 is 9.62 Å². The fourth-order valence-electron chi connectivity index (χ4n) is 4.17. The molecule has 2 amide bonds. The molecule has 0 heterocycles. The number of benzene rings is 3. The van der Waals surface area contributed by atoms with Gasteiger partial charge < -0.3 is 10.2 Å². The van der Waals surface area contributed by atoms with Crippen LogP contribution in [-0.4, -0.2) is 44.3 Å². The van der Waals surface area contributed by atoms with Gasteiger partial charge in [0.2, 0.25) is 11.8 Å². The van der Waals surface area contributed by atoms with E-state index in [1.165, 1.54) is 17.0 Å². The van der Waals surface area contributed by atoms with Gasteiger partial charge >= 0.3 is 0 Å². The number of hydrogen-bond acceptors (Lipinski definition) is 4. The number of likely N-dealkylation sites (N-methyl/N-ethyl adjacent to an activating group) is 1. The number of sulfonamides is 1. The molecule has 39 heavy (non-hydrogen) atoms. The smallest absolute Gasteiger partial charge is 0.264 e. The van der Waals surface area contributed by atoms with Crippen LogP contribution in [0.1, 0.15) is 36.1 Å². The number of rotatable bonds is 10. The van der Waals surface area contributed by atoms with Crippen molar-refractivity contribution >= 4 is 50.7 Å². The first-order chi connectivity index (χ1) is 18.3. The lowest BCUT2D eigenvalue weighted by Crippen LogP contribution is -2.51. The average Bonchev–Trinajstić information content (AvgIpc) is 2.87. The van der Waals surface area contributed by atoms with E-state index in [1.54, 1.807) is 63.2 Å². The van der Waals surface area contributed by atoms with E-state index >= 15 is 0 Å². The molecule has 1 atom stereocenters. The quantitative estimate of drug-likeness (QED) is 0.330. The first kappa shape index (κ1) is 30.5. The summed E-state index contributed by atoms with van der Waals surface area (Å²) in [7, 11) is -4.14. The highest BCUT2D eigenvalue weighted by Gasteiger charge is 2.33. The molecule has 7 nitrogen and oxygen atoms in total. The molecule has 0 bridgehead atoms. The normalized spacial score (nSPS) is 12.1. The number of carbonyl (C=O) groups excluding carboxylic acids is 2. The van der Waals surface area contributed by atoms with Crippen LogP contribution in [0.4, 0.5) is 5.69 Å². The largest absolute Gasteiger partial charge is 0.355 e. The average molecular weight is 591 g/mol. The Labute approximate surface area is 240 Å². The summed E-state index contributed by atoms with van der Waals surface area (Å²) in [6.45, 7) is 8.80. The Kier molecular flexibility index (Phi) is 10.0. The molecule has 208 valence electrons. The summed E-state index contributed by atoms with van der Waals surface area (Å²) in [4.78, 5) is 28.2. The van der Waals surface area contributed by atoms with Crippen LogP contribution in [0.5, 0.6) is 0 Å². The topological polar surface area (TPSA) is 86.8 Å². The second kappa shape index (κ2) is 12.9. The van der Waals surface area contributed by atoms with Crippen molar-refractivity contribution < 1.29 is 18.0 Å². The first-order valence-electron chi connectivity index (χ1n) is 12.5. The monoisotopic (exact) mass is 589 g/mol. The molecule has 0 aromatic heterocycles. The van der Waals surface area contributed by atoms with Gasteiger partial charge in [0.05, 0.1) is 10.6 Å². The predicted octanol–water partition coefficient (Wildman–Crippen LogP) is 5.67. The highest BCUT2D eigenvalue weighted by Crippen LogP contribution is 2.29. The molecule has 1 N–H and O–H groups in total. The van der Waals surface area contributed by atoms with Crippen molar-refractivity contribution in [3.63, 3.8) is 0 Å². The molecule has 0 unspecified atom stereocenters. The summed E-state index contributed by atoms with van der Waals surface area (Å²) in [6.07, 6.45) is 0. The number of anilines is 1. The Hall–Kier alpha value is -3.07. The highest BCUT2D eigenvalue weighted by atomic mass is 35.5. The molecule has 0 saturated carbocycles. The van der Waals surface area contributed by atoms with E-state index in [2.05, 4.69) is 5.32 Å². The molecular weight excluding hydrogens is 557 g/mol. The van der Waals surface area contributed by atoms with Gasteiger partial charge in [-0.15, -0.1) is 0 Å². The van der Waals surface area contributed by atoms with E-state index in [4.69, 9.17) is 23.2 Å². The van der Waals surface area contributed by atoms with Crippen molar-refractivity contribution in [2.75, 3.05) is 17.4 Å². The van der Waals surface area contributed by atoms with Gasteiger partial charge in [0.15, 0.2) is 0 Å². The van der Waals surface area contributed by atoms with Crippen LogP contribution in [0.25, 0.3) is 0 Å². The second-order valence-corrected chi connectivity index (χ2v) is 12.1. The predicted molar refractivity (Wildman–Crippen MR) is 157 cm³/mol. The standard InChI is InChI=1S/C29H33Cl2N3O4S/c1-6-32-29(36)22(5)33(17-23-10-11-24(30)16-26(23)31)28(35)18-34(27-14-9-20(3)15-21(27)4)39(37,38)25-12-7-19(2)8-13-25/h7-16,22H,6,17-18H2,1-5H3,(H,32,36)/t22-/m0/s1. The number of halogens is 2. The Balaban J connectivity index is 2.08. The van der Waals surface area contributed by atoms with Gasteiger partial charge in [0, 0.05) is 23.1 Å². The summed E-state index contributed by atoms with van der Waals surface area (Å²) >= 11 is 12.4. The summed E-state index contributed by atoms with van der Waals surface area (Å²) in [5.41, 5.74) is 3.52. The van der Waals surface area contributed by atoms with E-state index in [1.807, 2.05) is 19.9 Å². The van der Waals surface area contributed by atoms with Gasteiger partial charge in [-0.25, -0.2) is 8.42 Å². The fraction of sp³-hybridized carbons (Fsp3) is 0.310. The molecule has 10 heteroatoms. The van der Waals surface area contributed by atoms with Crippen molar-refractivity contribution in [2.24, 2.45) is 0 Å². The van der Waals surface area contributed by atoms with Crippen molar-refractivity contribution in [1.29, 1.82) is 0 Å². The van der Waals surface area contributed by atoms with E-state index in [0.29, 0.717) is 33.4 Å². The zero-order valence-electron chi connectivity index (χ0n) is 22.7. The maximum Gasteiger partial charge on any atom is 0.264 e. The number of hydrogen-bond donors (Lipinski definition) is 1. The number of nitrogens with zero attached hydrogens (tertiary/aromatic N) is 2.